The number of amides is 5. The second-order valence-electron chi connectivity index (χ2n) is 17.2. The van der Waals surface area contributed by atoms with Crippen LogP contribution in [0.3, 0.4) is 0 Å². The number of hydrogen-bond donors (Lipinski definition) is 3. The van der Waals surface area contributed by atoms with E-state index in [4.69, 9.17) is 39.5 Å². The standard InChI is InChI=1S/C50H50N8O10/c1-27(2)45(51)47(60)53-28(3)46(59)55-68-50(63)56-24-34-18-30-12-7-9-16-39(30)58(34)49(62)36-20-42(65-5)44(22-40(36)56)67-26-32-14-10-13-31(54-32)25-66-43-21-37-35(19-41(43)64-4)48(61)57-33(23-52-37)17-29-11-6-8-15-38(29)57/h6-16,19-23,27-28,33-34,45H,17-18,24-26,51H2,1-5H3,(H,53,60)(H,55,59)/t28?,33-,34-,45?/m0/s1. The number of rotatable bonds is 12. The van der Waals surface area contributed by atoms with Crippen LogP contribution in [0.25, 0.3) is 0 Å². The number of aromatic nitrogens is 1. The number of benzene rings is 4. The lowest BCUT2D eigenvalue weighted by atomic mass is 10.0. The van der Waals surface area contributed by atoms with Crippen molar-refractivity contribution in [2.75, 3.05) is 35.5 Å². The lowest BCUT2D eigenvalue weighted by molar-refractivity contribution is -0.134. The van der Waals surface area contributed by atoms with Crippen molar-refractivity contribution < 1.29 is 47.8 Å². The average molecular weight is 923 g/mol. The van der Waals surface area contributed by atoms with Gasteiger partial charge in [-0.05, 0) is 66.8 Å². The fourth-order valence-corrected chi connectivity index (χ4v) is 8.81. The Morgan fingerprint density at radius 3 is 1.99 bits per heavy atom. The molecule has 0 saturated carbocycles. The summed E-state index contributed by atoms with van der Waals surface area (Å²) in [5.74, 6) is -0.890. The molecule has 5 aromatic rings. The number of hydrogen-bond acceptors (Lipinski definition) is 13. The van der Waals surface area contributed by atoms with Gasteiger partial charge >= 0.3 is 6.09 Å². The van der Waals surface area contributed by atoms with Gasteiger partial charge in [-0.1, -0.05) is 56.3 Å². The summed E-state index contributed by atoms with van der Waals surface area (Å²) in [6.45, 7) is 4.98. The molecular weight excluding hydrogens is 873 g/mol. The summed E-state index contributed by atoms with van der Waals surface area (Å²) in [6.07, 6.45) is 1.94. The first-order valence-electron chi connectivity index (χ1n) is 22.2. The molecule has 0 spiro atoms. The maximum absolute atomic E-state index is 14.5. The molecule has 4 aliphatic heterocycles. The molecule has 18 heteroatoms. The molecule has 5 amide bonds. The number of anilines is 3. The predicted octanol–water partition coefficient (Wildman–Crippen LogP) is 5.59. The zero-order valence-corrected chi connectivity index (χ0v) is 38.1. The Bertz CT molecular complexity index is 2870. The quantitative estimate of drug-likeness (QED) is 0.131. The van der Waals surface area contributed by atoms with Gasteiger partial charge in [-0.25, -0.2) is 4.79 Å². The van der Waals surface area contributed by atoms with Gasteiger partial charge in [0.2, 0.25) is 5.91 Å². The average Bonchev–Trinajstić information content (AvgIpc) is 3.84. The van der Waals surface area contributed by atoms with Crippen molar-refractivity contribution >= 4 is 58.7 Å². The van der Waals surface area contributed by atoms with Crippen molar-refractivity contribution in [3.05, 3.63) is 125 Å². The lowest BCUT2D eigenvalue weighted by Crippen LogP contribution is -2.52. The maximum atomic E-state index is 14.5. The number of carbonyl (C=O) groups is 5. The van der Waals surface area contributed by atoms with Gasteiger partial charge in [0.15, 0.2) is 23.0 Å². The van der Waals surface area contributed by atoms with Gasteiger partial charge in [0.1, 0.15) is 19.3 Å². The second-order valence-corrected chi connectivity index (χ2v) is 17.2. The van der Waals surface area contributed by atoms with Gasteiger partial charge in [0.05, 0.1) is 72.8 Å². The molecular formula is C50H50N8O10. The van der Waals surface area contributed by atoms with Crippen molar-refractivity contribution in [3.8, 4) is 23.0 Å². The summed E-state index contributed by atoms with van der Waals surface area (Å²) in [4.78, 5) is 87.4. The van der Waals surface area contributed by atoms with Crippen LogP contribution in [0.4, 0.5) is 27.5 Å². The van der Waals surface area contributed by atoms with E-state index >= 15 is 0 Å². The molecule has 68 heavy (non-hydrogen) atoms. The first-order valence-corrected chi connectivity index (χ1v) is 22.2. The smallest absolute Gasteiger partial charge is 0.438 e. The summed E-state index contributed by atoms with van der Waals surface area (Å²) < 4.78 is 24.0. The monoisotopic (exact) mass is 922 g/mol. The number of ether oxygens (including phenoxy) is 4. The Morgan fingerprint density at radius 2 is 1.32 bits per heavy atom. The Hall–Kier alpha value is -7.99. The van der Waals surface area contributed by atoms with E-state index in [0.717, 1.165) is 16.8 Å². The fraction of sp³-hybridized carbons (Fsp3) is 0.300. The summed E-state index contributed by atoms with van der Waals surface area (Å²) in [5, 5.41) is 2.53. The normalized spacial score (nSPS) is 17.3. The van der Waals surface area contributed by atoms with Crippen molar-refractivity contribution in [2.24, 2.45) is 16.6 Å². The molecule has 4 atom stereocenters. The van der Waals surface area contributed by atoms with Gasteiger partial charge in [0, 0.05) is 36.1 Å². The highest BCUT2D eigenvalue weighted by molar-refractivity contribution is 6.15. The predicted molar refractivity (Wildman–Crippen MR) is 251 cm³/mol. The molecule has 0 bridgehead atoms. The molecule has 5 heterocycles. The largest absolute Gasteiger partial charge is 0.493 e. The van der Waals surface area contributed by atoms with Crippen LogP contribution in [0, 0.1) is 5.92 Å². The van der Waals surface area contributed by atoms with E-state index in [1.807, 2.05) is 54.6 Å². The summed E-state index contributed by atoms with van der Waals surface area (Å²) in [6, 6.07) is 24.5. The first kappa shape index (κ1) is 45.2. The van der Waals surface area contributed by atoms with Crippen LogP contribution in [-0.2, 0) is 40.5 Å². The van der Waals surface area contributed by atoms with E-state index in [2.05, 4.69) is 10.8 Å². The molecule has 350 valence electrons. The number of methoxy groups -OCH3 is 2. The number of aliphatic imine (C=N–C) groups is 1. The van der Waals surface area contributed by atoms with Crippen LogP contribution < -0.4 is 50.2 Å². The first-order chi connectivity index (χ1) is 32.8. The number of para-hydroxylation sites is 2. The highest BCUT2D eigenvalue weighted by Gasteiger charge is 2.43. The molecule has 2 unspecified atom stereocenters. The Balaban J connectivity index is 0.926. The van der Waals surface area contributed by atoms with Gasteiger partial charge in [-0.3, -0.25) is 39.0 Å². The fourth-order valence-electron chi connectivity index (χ4n) is 8.81. The molecule has 9 rings (SSSR count). The van der Waals surface area contributed by atoms with Crippen molar-refractivity contribution in [3.63, 3.8) is 0 Å². The molecule has 4 aliphatic rings. The van der Waals surface area contributed by atoms with Gasteiger partial charge in [0.25, 0.3) is 17.7 Å². The molecule has 0 aliphatic carbocycles. The molecule has 1 aromatic heterocycles. The van der Waals surface area contributed by atoms with Crippen molar-refractivity contribution in [1.82, 2.24) is 15.8 Å². The van der Waals surface area contributed by atoms with E-state index in [1.165, 1.54) is 38.2 Å². The number of fused-ring (bicyclic) bond motifs is 8. The summed E-state index contributed by atoms with van der Waals surface area (Å²) >= 11 is 0. The molecule has 18 nitrogen and oxygen atoms in total. The van der Waals surface area contributed by atoms with E-state index in [9.17, 15) is 24.0 Å². The maximum Gasteiger partial charge on any atom is 0.438 e. The molecule has 4 N–H and O–H groups in total. The summed E-state index contributed by atoms with van der Waals surface area (Å²) in [5.41, 5.74) is 13.9. The number of carbonyl (C=O) groups excluding carboxylic acids is 5. The SMILES string of the molecule is COc1cc2c(cc1OCc1cccc(COc3cc4c(cc3OC)C(=O)N3c5ccccc5C[C@H]3CN4C(=O)ONC(=O)C(C)NC(=O)C(N)C(C)C)n1)N=C[C@@H]1Cc3ccccc3N1C2=O. The van der Waals surface area contributed by atoms with Crippen LogP contribution in [0.5, 0.6) is 23.0 Å². The van der Waals surface area contributed by atoms with Crippen LogP contribution in [0.1, 0.15) is 64.0 Å². The van der Waals surface area contributed by atoms with Crippen molar-refractivity contribution in [1.29, 1.82) is 0 Å². The third-order valence-electron chi connectivity index (χ3n) is 12.5. The molecule has 0 radical (unpaired) electrons. The topological polar surface area (TPSA) is 217 Å². The third-order valence-corrected chi connectivity index (χ3v) is 12.5. The Labute approximate surface area is 391 Å². The molecule has 0 saturated heterocycles. The minimum absolute atomic E-state index is 0.00181. The molecule has 4 aromatic carbocycles. The van der Waals surface area contributed by atoms with Crippen molar-refractivity contribution in [2.45, 2.75) is 71.0 Å². The van der Waals surface area contributed by atoms with Gasteiger partial charge < -0.3 is 39.7 Å². The molecule has 0 fully saturated rings. The minimum Gasteiger partial charge on any atom is -0.493 e. The highest BCUT2D eigenvalue weighted by Crippen LogP contribution is 2.44. The van der Waals surface area contributed by atoms with Crippen LogP contribution >= 0.6 is 0 Å². The number of nitrogens with two attached hydrogens (primary N) is 1. The highest BCUT2D eigenvalue weighted by atomic mass is 16.7. The van der Waals surface area contributed by atoms with Crippen LogP contribution in [0.2, 0.25) is 0 Å². The van der Waals surface area contributed by atoms with Crippen LogP contribution in [0.15, 0.2) is 96.0 Å². The Kier molecular flexibility index (Phi) is 12.4. The van der Waals surface area contributed by atoms with E-state index in [-0.39, 0.29) is 66.3 Å². The summed E-state index contributed by atoms with van der Waals surface area (Å²) in [7, 11) is 2.95. The zero-order valence-electron chi connectivity index (χ0n) is 38.1. The number of hydroxylamine groups is 1. The number of nitrogens with zero attached hydrogens (tertiary/aromatic N) is 5. The van der Waals surface area contributed by atoms with Crippen LogP contribution in [-0.4, -0.2) is 85.9 Å². The van der Waals surface area contributed by atoms with E-state index in [1.54, 1.807) is 54.1 Å². The van der Waals surface area contributed by atoms with Gasteiger partial charge in [-0.15, -0.1) is 0 Å². The number of nitrogens with one attached hydrogen (secondary N) is 2. The Morgan fingerprint density at radius 1 is 0.721 bits per heavy atom. The zero-order chi connectivity index (χ0) is 47.8. The third kappa shape index (κ3) is 8.61. The van der Waals surface area contributed by atoms with E-state index < -0.39 is 36.0 Å². The minimum atomic E-state index is -1.09. The van der Waals surface area contributed by atoms with Gasteiger partial charge in [-0.2, -0.15) is 5.48 Å². The second kappa shape index (κ2) is 18.7. The van der Waals surface area contributed by atoms with E-state index in [0.29, 0.717) is 52.7 Å². The number of pyridine rings is 1. The lowest BCUT2D eigenvalue weighted by Gasteiger charge is -2.26.